The summed E-state index contributed by atoms with van der Waals surface area (Å²) in [7, 11) is 0. The third-order valence-electron chi connectivity index (χ3n) is 7.46. The molecule has 0 heterocycles. The molecule has 7 heteroatoms. The lowest BCUT2D eigenvalue weighted by molar-refractivity contribution is -0.133. The van der Waals surface area contributed by atoms with Gasteiger partial charge in [-0.2, -0.15) is 0 Å². The standard InChI is InChI=1S/C25H25ClN2O4/c26-18-3-6-21(20(10-18)24(31)32)28-23(30)22(29)27-19-4-1-17(2-5-19)25-11-14-7-15(12-25)9-16(8-14)13-25/h1-6,10,14-16H,7-9,11-13H2,(H,27,29)(H,28,30)(H,31,32). The second-order valence-electron chi connectivity index (χ2n) is 9.68. The Kier molecular flexibility index (Phi) is 5.20. The van der Waals surface area contributed by atoms with Gasteiger partial charge in [-0.05, 0) is 97.6 Å². The zero-order chi connectivity index (χ0) is 22.5. The van der Waals surface area contributed by atoms with Gasteiger partial charge in [-0.15, -0.1) is 0 Å². The number of hydrogen-bond donors (Lipinski definition) is 3. The first-order chi connectivity index (χ1) is 15.3. The fourth-order valence-corrected chi connectivity index (χ4v) is 6.71. The molecule has 0 unspecified atom stereocenters. The molecule has 4 aliphatic rings. The predicted octanol–water partition coefficient (Wildman–Crippen LogP) is 5.08. The minimum atomic E-state index is -1.25. The monoisotopic (exact) mass is 452 g/mol. The fraction of sp³-hybridized carbons (Fsp3) is 0.400. The van der Waals surface area contributed by atoms with E-state index in [0.717, 1.165) is 17.8 Å². The van der Waals surface area contributed by atoms with Crippen LogP contribution in [0.3, 0.4) is 0 Å². The number of aromatic carboxylic acids is 1. The first-order valence-corrected chi connectivity index (χ1v) is 11.4. The van der Waals surface area contributed by atoms with Gasteiger partial charge in [-0.3, -0.25) is 9.59 Å². The number of nitrogens with one attached hydrogen (secondary N) is 2. The summed E-state index contributed by atoms with van der Waals surface area (Å²) in [6, 6.07) is 11.9. The summed E-state index contributed by atoms with van der Waals surface area (Å²) in [5, 5.41) is 14.5. The second-order valence-corrected chi connectivity index (χ2v) is 10.1. The summed E-state index contributed by atoms with van der Waals surface area (Å²) < 4.78 is 0. The number of carboxylic acids is 1. The average Bonchev–Trinajstić information content (AvgIpc) is 2.74. The Labute approximate surface area is 191 Å². The van der Waals surface area contributed by atoms with E-state index in [-0.39, 0.29) is 21.7 Å². The molecule has 6 rings (SSSR count). The van der Waals surface area contributed by atoms with E-state index in [0.29, 0.717) is 5.69 Å². The molecule has 2 aromatic rings. The number of carbonyl (C=O) groups excluding carboxylic acids is 2. The highest BCUT2D eigenvalue weighted by Crippen LogP contribution is 2.60. The summed E-state index contributed by atoms with van der Waals surface area (Å²) in [5.74, 6) is -0.490. The molecule has 6 nitrogen and oxygen atoms in total. The molecule has 0 atom stereocenters. The summed E-state index contributed by atoms with van der Waals surface area (Å²) in [6.07, 6.45) is 7.96. The number of anilines is 2. The van der Waals surface area contributed by atoms with Crippen molar-refractivity contribution in [1.82, 2.24) is 0 Å². The Morgan fingerprint density at radius 3 is 1.97 bits per heavy atom. The van der Waals surface area contributed by atoms with E-state index < -0.39 is 17.8 Å². The van der Waals surface area contributed by atoms with Crippen LogP contribution in [0.1, 0.15) is 54.4 Å². The van der Waals surface area contributed by atoms with Crippen LogP contribution in [-0.2, 0) is 15.0 Å². The van der Waals surface area contributed by atoms with Crippen LogP contribution in [0.25, 0.3) is 0 Å². The summed E-state index contributed by atoms with van der Waals surface area (Å²) >= 11 is 5.82. The molecule has 0 spiro atoms. The van der Waals surface area contributed by atoms with Crippen LogP contribution in [0.5, 0.6) is 0 Å². The summed E-state index contributed by atoms with van der Waals surface area (Å²) in [6.45, 7) is 0. The maximum Gasteiger partial charge on any atom is 0.337 e. The van der Waals surface area contributed by atoms with Gasteiger partial charge in [0.05, 0.1) is 11.3 Å². The van der Waals surface area contributed by atoms with Crippen LogP contribution in [0, 0.1) is 17.8 Å². The second kappa shape index (κ2) is 7.93. The van der Waals surface area contributed by atoms with Crippen molar-refractivity contribution in [1.29, 1.82) is 0 Å². The molecule has 0 radical (unpaired) electrons. The number of benzene rings is 2. The van der Waals surface area contributed by atoms with Gasteiger partial charge >= 0.3 is 17.8 Å². The third kappa shape index (κ3) is 3.88. The van der Waals surface area contributed by atoms with Crippen molar-refractivity contribution in [2.75, 3.05) is 10.6 Å². The van der Waals surface area contributed by atoms with Crippen molar-refractivity contribution in [3.63, 3.8) is 0 Å². The van der Waals surface area contributed by atoms with Crippen LogP contribution < -0.4 is 10.6 Å². The molecule has 2 amide bonds. The van der Waals surface area contributed by atoms with E-state index in [1.807, 2.05) is 12.1 Å². The number of rotatable bonds is 4. The minimum Gasteiger partial charge on any atom is -0.478 e. The third-order valence-corrected chi connectivity index (χ3v) is 7.69. The van der Waals surface area contributed by atoms with Crippen molar-refractivity contribution in [3.05, 3.63) is 58.6 Å². The van der Waals surface area contributed by atoms with Crippen LogP contribution in [0.15, 0.2) is 42.5 Å². The molecule has 166 valence electrons. The maximum absolute atomic E-state index is 12.4. The summed E-state index contributed by atoms with van der Waals surface area (Å²) in [4.78, 5) is 36.1. The van der Waals surface area contributed by atoms with Crippen molar-refractivity contribution in [3.8, 4) is 0 Å². The molecule has 4 aliphatic carbocycles. The van der Waals surface area contributed by atoms with Crippen molar-refractivity contribution in [2.45, 2.75) is 43.9 Å². The fourth-order valence-electron chi connectivity index (χ4n) is 6.54. The number of carboxylic acid groups (broad SMARTS) is 1. The molecule has 4 fully saturated rings. The minimum absolute atomic E-state index is 0.0132. The van der Waals surface area contributed by atoms with Crippen LogP contribution in [0.2, 0.25) is 5.02 Å². The molecule has 4 bridgehead atoms. The lowest BCUT2D eigenvalue weighted by atomic mass is 9.48. The first-order valence-electron chi connectivity index (χ1n) is 11.1. The lowest BCUT2D eigenvalue weighted by Crippen LogP contribution is -2.48. The molecular weight excluding hydrogens is 428 g/mol. The number of halogens is 1. The normalized spacial score (nSPS) is 27.7. The average molecular weight is 453 g/mol. The predicted molar refractivity (Wildman–Crippen MR) is 122 cm³/mol. The van der Waals surface area contributed by atoms with Crippen molar-refractivity contribution >= 4 is 40.8 Å². The van der Waals surface area contributed by atoms with Gasteiger partial charge in [-0.1, -0.05) is 23.7 Å². The van der Waals surface area contributed by atoms with Gasteiger partial charge in [0.25, 0.3) is 0 Å². The lowest BCUT2D eigenvalue weighted by Gasteiger charge is -2.57. The molecule has 0 aromatic heterocycles. The first kappa shape index (κ1) is 21.0. The van der Waals surface area contributed by atoms with Crippen LogP contribution >= 0.6 is 11.6 Å². The van der Waals surface area contributed by atoms with E-state index in [9.17, 15) is 19.5 Å². The molecule has 0 saturated heterocycles. The van der Waals surface area contributed by atoms with Gasteiger partial charge < -0.3 is 15.7 Å². The SMILES string of the molecule is O=C(Nc1ccc(C23CC4CC(CC(C4)C2)C3)cc1)C(=O)Nc1ccc(Cl)cc1C(=O)O. The Bertz CT molecular complexity index is 1060. The van der Waals surface area contributed by atoms with E-state index in [2.05, 4.69) is 22.8 Å². The van der Waals surface area contributed by atoms with Gasteiger partial charge in [0.2, 0.25) is 0 Å². The molecule has 32 heavy (non-hydrogen) atoms. The number of hydrogen-bond acceptors (Lipinski definition) is 3. The molecule has 2 aromatic carbocycles. The highest BCUT2D eigenvalue weighted by Gasteiger charge is 2.51. The van der Waals surface area contributed by atoms with Gasteiger partial charge in [0, 0.05) is 10.7 Å². The molecule has 3 N–H and O–H groups in total. The smallest absolute Gasteiger partial charge is 0.337 e. The zero-order valence-electron chi connectivity index (χ0n) is 17.6. The Hall–Kier alpha value is -2.86. The van der Waals surface area contributed by atoms with E-state index in [4.69, 9.17) is 11.6 Å². The van der Waals surface area contributed by atoms with E-state index >= 15 is 0 Å². The number of carbonyl (C=O) groups is 3. The largest absolute Gasteiger partial charge is 0.478 e. The van der Waals surface area contributed by atoms with Gasteiger partial charge in [0.1, 0.15) is 0 Å². The Balaban J connectivity index is 1.26. The number of amides is 2. The quantitative estimate of drug-likeness (QED) is 0.563. The molecule has 4 saturated carbocycles. The van der Waals surface area contributed by atoms with E-state index in [1.54, 1.807) is 0 Å². The molecule has 0 aliphatic heterocycles. The molecular formula is C25H25ClN2O4. The Morgan fingerprint density at radius 2 is 1.41 bits per heavy atom. The summed E-state index contributed by atoms with van der Waals surface area (Å²) in [5.41, 5.74) is 1.98. The highest BCUT2D eigenvalue weighted by molar-refractivity contribution is 6.44. The van der Waals surface area contributed by atoms with Crippen molar-refractivity contribution < 1.29 is 19.5 Å². The van der Waals surface area contributed by atoms with Gasteiger partial charge in [0.15, 0.2) is 0 Å². The highest BCUT2D eigenvalue weighted by atomic mass is 35.5. The van der Waals surface area contributed by atoms with Gasteiger partial charge in [-0.25, -0.2) is 4.79 Å². The Morgan fingerprint density at radius 1 is 0.844 bits per heavy atom. The maximum atomic E-state index is 12.4. The topological polar surface area (TPSA) is 95.5 Å². The van der Waals surface area contributed by atoms with Crippen LogP contribution in [0.4, 0.5) is 11.4 Å². The van der Waals surface area contributed by atoms with Crippen molar-refractivity contribution in [2.24, 2.45) is 17.8 Å². The van der Waals surface area contributed by atoms with E-state index in [1.165, 1.54) is 62.3 Å². The zero-order valence-corrected chi connectivity index (χ0v) is 18.3. The van der Waals surface area contributed by atoms with Crippen LogP contribution in [-0.4, -0.2) is 22.9 Å².